The summed E-state index contributed by atoms with van der Waals surface area (Å²) in [6, 6.07) is 4.26. The largest absolute Gasteiger partial charge is 0.485 e. The van der Waals surface area contributed by atoms with Crippen molar-refractivity contribution in [3.05, 3.63) is 92.1 Å². The van der Waals surface area contributed by atoms with Gasteiger partial charge >= 0.3 is 0 Å². The first-order valence-corrected chi connectivity index (χ1v) is 11.6. The molecule has 192 valence electrons. The first kappa shape index (κ1) is 26.3. The molecule has 3 heterocycles. The molecule has 0 amide bonds. The van der Waals surface area contributed by atoms with Crippen LogP contribution >= 0.6 is 11.6 Å². The van der Waals surface area contributed by atoms with E-state index in [9.17, 15) is 14.3 Å². The number of pyridine rings is 1. The number of benzene rings is 1. The standard InChI is InChI=1S/C26H24ClF2N5O3/c1-13-8-16(28)18(31-10-13)12-37-19-9-14(2)23(21(29)20(19)27)34-15(3)11-32-22(24(34)35)17-6-7-30-25(33-17)26(4,5)36/h6-11,36H,12H2,1-5H3. The molecule has 0 aliphatic carbocycles. The zero-order valence-corrected chi connectivity index (χ0v) is 21.6. The molecule has 0 atom stereocenters. The second kappa shape index (κ2) is 9.95. The molecule has 0 saturated carbocycles. The highest BCUT2D eigenvalue weighted by Crippen LogP contribution is 2.35. The van der Waals surface area contributed by atoms with Gasteiger partial charge in [-0.15, -0.1) is 0 Å². The minimum atomic E-state index is -1.34. The highest BCUT2D eigenvalue weighted by molar-refractivity contribution is 6.32. The smallest absolute Gasteiger partial charge is 0.283 e. The lowest BCUT2D eigenvalue weighted by Gasteiger charge is -2.18. The van der Waals surface area contributed by atoms with Crippen LogP contribution in [0.2, 0.25) is 5.02 Å². The summed E-state index contributed by atoms with van der Waals surface area (Å²) < 4.78 is 36.5. The molecule has 0 saturated heterocycles. The topological polar surface area (TPSA) is 103 Å². The molecule has 4 aromatic rings. The molecule has 8 nitrogen and oxygen atoms in total. The van der Waals surface area contributed by atoms with Crippen LogP contribution < -0.4 is 10.3 Å². The molecule has 4 rings (SSSR count). The summed E-state index contributed by atoms with van der Waals surface area (Å²) >= 11 is 6.29. The Hall–Kier alpha value is -3.76. The average molecular weight is 528 g/mol. The monoisotopic (exact) mass is 527 g/mol. The Bertz CT molecular complexity index is 1570. The molecule has 0 bridgehead atoms. The second-order valence-electron chi connectivity index (χ2n) is 9.11. The lowest BCUT2D eigenvalue weighted by atomic mass is 10.1. The predicted octanol–water partition coefficient (Wildman–Crippen LogP) is 4.75. The zero-order valence-electron chi connectivity index (χ0n) is 20.8. The predicted molar refractivity (Wildman–Crippen MR) is 134 cm³/mol. The fourth-order valence-electron chi connectivity index (χ4n) is 3.68. The summed E-state index contributed by atoms with van der Waals surface area (Å²) in [5.41, 5.74) is -0.566. The number of hydrogen-bond donors (Lipinski definition) is 1. The van der Waals surface area contributed by atoms with Crippen molar-refractivity contribution in [3.63, 3.8) is 0 Å². The Morgan fingerprint density at radius 1 is 1.11 bits per heavy atom. The van der Waals surface area contributed by atoms with Crippen LogP contribution in [-0.4, -0.2) is 29.6 Å². The average Bonchev–Trinajstić information content (AvgIpc) is 2.83. The van der Waals surface area contributed by atoms with E-state index in [4.69, 9.17) is 16.3 Å². The summed E-state index contributed by atoms with van der Waals surface area (Å²) in [5.74, 6) is -1.36. The van der Waals surface area contributed by atoms with Gasteiger partial charge in [-0.05, 0) is 63.9 Å². The van der Waals surface area contributed by atoms with Gasteiger partial charge < -0.3 is 9.84 Å². The minimum absolute atomic E-state index is 0.0206. The zero-order chi connectivity index (χ0) is 27.1. The van der Waals surface area contributed by atoms with Gasteiger partial charge in [-0.3, -0.25) is 14.3 Å². The fraction of sp³-hybridized carbons (Fsp3) is 0.269. The molecule has 11 heteroatoms. The van der Waals surface area contributed by atoms with Gasteiger partial charge in [0.1, 0.15) is 34.5 Å². The van der Waals surface area contributed by atoms with Crippen molar-refractivity contribution in [3.8, 4) is 22.8 Å². The second-order valence-corrected chi connectivity index (χ2v) is 9.49. The normalized spacial score (nSPS) is 11.6. The van der Waals surface area contributed by atoms with Gasteiger partial charge in [0, 0.05) is 24.3 Å². The number of nitrogens with zero attached hydrogens (tertiary/aromatic N) is 5. The minimum Gasteiger partial charge on any atom is -0.485 e. The molecular formula is C26H24ClF2N5O3. The van der Waals surface area contributed by atoms with Crippen molar-refractivity contribution < 1.29 is 18.6 Å². The number of ether oxygens (including phenoxy) is 1. The SMILES string of the molecule is Cc1cnc(COc2cc(C)c(-n3c(C)cnc(-c4ccnc(C(C)(C)O)n4)c3=O)c(F)c2Cl)c(F)c1. The summed E-state index contributed by atoms with van der Waals surface area (Å²) in [4.78, 5) is 30.0. The van der Waals surface area contributed by atoms with E-state index in [0.717, 1.165) is 4.57 Å². The third-order valence-electron chi connectivity index (χ3n) is 5.56. The fourth-order valence-corrected chi connectivity index (χ4v) is 3.88. The first-order chi connectivity index (χ1) is 17.4. The van der Waals surface area contributed by atoms with Crippen LogP contribution in [0.1, 0.15) is 42.2 Å². The summed E-state index contributed by atoms with van der Waals surface area (Å²) in [7, 11) is 0. The number of aryl methyl sites for hydroxylation is 3. The van der Waals surface area contributed by atoms with Crippen molar-refractivity contribution in [2.75, 3.05) is 0 Å². The van der Waals surface area contributed by atoms with Crippen molar-refractivity contribution >= 4 is 11.6 Å². The molecule has 1 aromatic carbocycles. The molecule has 0 aliphatic heterocycles. The van der Waals surface area contributed by atoms with Crippen LogP contribution in [0.3, 0.4) is 0 Å². The van der Waals surface area contributed by atoms with Gasteiger partial charge in [-0.2, -0.15) is 0 Å². The molecule has 1 N–H and O–H groups in total. The van der Waals surface area contributed by atoms with Gasteiger partial charge in [0.15, 0.2) is 17.3 Å². The summed E-state index contributed by atoms with van der Waals surface area (Å²) in [5, 5.41) is 9.88. The van der Waals surface area contributed by atoms with Crippen LogP contribution in [0.25, 0.3) is 17.1 Å². The molecule has 0 radical (unpaired) electrons. The van der Waals surface area contributed by atoms with Gasteiger partial charge in [0.25, 0.3) is 5.56 Å². The van der Waals surface area contributed by atoms with Crippen LogP contribution in [0.15, 0.2) is 41.6 Å². The van der Waals surface area contributed by atoms with E-state index in [1.54, 1.807) is 20.8 Å². The van der Waals surface area contributed by atoms with Gasteiger partial charge in [-0.1, -0.05) is 11.6 Å². The number of halogens is 3. The highest BCUT2D eigenvalue weighted by Gasteiger charge is 2.24. The third-order valence-corrected chi connectivity index (χ3v) is 5.92. The quantitative estimate of drug-likeness (QED) is 0.386. The Labute approximate surface area is 216 Å². The van der Waals surface area contributed by atoms with E-state index in [2.05, 4.69) is 19.9 Å². The lowest BCUT2D eigenvalue weighted by Crippen LogP contribution is -2.26. The molecule has 0 fully saturated rings. The van der Waals surface area contributed by atoms with Crippen molar-refractivity contribution in [2.45, 2.75) is 46.8 Å². The highest BCUT2D eigenvalue weighted by atomic mass is 35.5. The number of rotatable bonds is 6. The molecule has 0 spiro atoms. The summed E-state index contributed by atoms with van der Waals surface area (Å²) in [6.45, 7) is 7.67. The maximum Gasteiger partial charge on any atom is 0.283 e. The van der Waals surface area contributed by atoms with Crippen molar-refractivity contribution in [1.82, 2.24) is 24.5 Å². The lowest BCUT2D eigenvalue weighted by molar-refractivity contribution is 0.0688. The van der Waals surface area contributed by atoms with Gasteiger partial charge in [0.2, 0.25) is 0 Å². The first-order valence-electron chi connectivity index (χ1n) is 11.3. The number of aromatic nitrogens is 5. The molecule has 0 aliphatic rings. The molecule has 37 heavy (non-hydrogen) atoms. The maximum atomic E-state index is 15.6. The molecule has 0 unspecified atom stereocenters. The van der Waals surface area contributed by atoms with E-state index < -0.39 is 22.8 Å². The molecule has 3 aromatic heterocycles. The van der Waals surface area contributed by atoms with Crippen LogP contribution in [0.4, 0.5) is 8.78 Å². The third kappa shape index (κ3) is 5.21. The van der Waals surface area contributed by atoms with Gasteiger partial charge in [0.05, 0.1) is 11.4 Å². The van der Waals surface area contributed by atoms with E-state index in [1.165, 1.54) is 50.6 Å². The number of hydrogen-bond acceptors (Lipinski definition) is 7. The Morgan fingerprint density at radius 2 is 1.84 bits per heavy atom. The van der Waals surface area contributed by atoms with Crippen molar-refractivity contribution in [1.29, 1.82) is 0 Å². The Balaban J connectivity index is 1.77. The molecular weight excluding hydrogens is 504 g/mol. The van der Waals surface area contributed by atoms with Crippen LogP contribution in [0, 0.1) is 32.4 Å². The van der Waals surface area contributed by atoms with E-state index in [0.29, 0.717) is 16.8 Å². The Kier molecular flexibility index (Phi) is 7.07. The maximum absolute atomic E-state index is 15.6. The van der Waals surface area contributed by atoms with Crippen molar-refractivity contribution in [2.24, 2.45) is 0 Å². The van der Waals surface area contributed by atoms with E-state index in [1.807, 2.05) is 0 Å². The summed E-state index contributed by atoms with van der Waals surface area (Å²) in [6.07, 6.45) is 4.31. The Morgan fingerprint density at radius 3 is 2.51 bits per heavy atom. The van der Waals surface area contributed by atoms with Gasteiger partial charge in [-0.25, -0.2) is 23.7 Å². The van der Waals surface area contributed by atoms with E-state index in [-0.39, 0.29) is 46.0 Å². The van der Waals surface area contributed by atoms with E-state index >= 15 is 4.39 Å². The van der Waals surface area contributed by atoms with Crippen LogP contribution in [0.5, 0.6) is 5.75 Å². The van der Waals surface area contributed by atoms with Crippen LogP contribution in [-0.2, 0) is 12.2 Å². The number of aliphatic hydroxyl groups is 1.